The van der Waals surface area contributed by atoms with E-state index >= 15 is 0 Å². The fourth-order valence-electron chi connectivity index (χ4n) is 2.73. The summed E-state index contributed by atoms with van der Waals surface area (Å²) in [5, 5.41) is 15.8. The zero-order valence-electron chi connectivity index (χ0n) is 12.3. The van der Waals surface area contributed by atoms with Crippen LogP contribution in [0.25, 0.3) is 0 Å². The molecule has 0 aliphatic carbocycles. The third-order valence-corrected chi connectivity index (χ3v) is 3.90. The van der Waals surface area contributed by atoms with Gasteiger partial charge < -0.3 is 19.8 Å². The highest BCUT2D eigenvalue weighted by Crippen LogP contribution is 2.32. The fraction of sp³-hybridized carbons (Fsp3) is 0.692. The van der Waals surface area contributed by atoms with Crippen LogP contribution >= 0.6 is 0 Å². The van der Waals surface area contributed by atoms with Crippen molar-refractivity contribution in [3.63, 3.8) is 0 Å². The highest BCUT2D eigenvalue weighted by molar-refractivity contribution is 5.87. The van der Waals surface area contributed by atoms with E-state index in [-0.39, 0.29) is 6.03 Å². The summed E-state index contributed by atoms with van der Waals surface area (Å²) in [6, 6.07) is -0.354. The summed E-state index contributed by atoms with van der Waals surface area (Å²) in [4.78, 5) is 29.2. The average Bonchev–Trinajstić information content (AvgIpc) is 3.05. The van der Waals surface area contributed by atoms with Gasteiger partial charge in [0.25, 0.3) is 0 Å². The Kier molecular flexibility index (Phi) is 4.44. The van der Waals surface area contributed by atoms with Crippen LogP contribution in [-0.2, 0) is 11.2 Å². The van der Waals surface area contributed by atoms with Gasteiger partial charge in [-0.25, -0.2) is 9.59 Å². The summed E-state index contributed by atoms with van der Waals surface area (Å²) in [6.45, 7) is 4.31. The normalized spacial score (nSPS) is 21.5. The van der Waals surface area contributed by atoms with Gasteiger partial charge in [0.1, 0.15) is 5.54 Å². The minimum atomic E-state index is -1.08. The number of aryl methyl sites for hydroxylation is 1. The predicted molar refractivity (Wildman–Crippen MR) is 72.7 cm³/mol. The molecule has 2 rings (SSSR count). The maximum absolute atomic E-state index is 12.2. The van der Waals surface area contributed by atoms with Gasteiger partial charge in [-0.15, -0.1) is 0 Å². The lowest BCUT2D eigenvalue weighted by Crippen LogP contribution is -2.55. The van der Waals surface area contributed by atoms with E-state index in [2.05, 4.69) is 15.5 Å². The van der Waals surface area contributed by atoms with Crippen molar-refractivity contribution in [1.82, 2.24) is 20.4 Å². The van der Waals surface area contributed by atoms with Gasteiger partial charge in [0, 0.05) is 19.5 Å². The maximum Gasteiger partial charge on any atom is 0.329 e. The van der Waals surface area contributed by atoms with Gasteiger partial charge in [-0.2, -0.15) is 4.98 Å². The number of aromatic nitrogens is 2. The molecule has 21 heavy (non-hydrogen) atoms. The summed E-state index contributed by atoms with van der Waals surface area (Å²) in [5.74, 6) is 0.0612. The highest BCUT2D eigenvalue weighted by Gasteiger charge is 2.48. The predicted octanol–water partition coefficient (Wildman–Crippen LogP) is 0.959. The first-order valence-corrected chi connectivity index (χ1v) is 7.07. The smallest absolute Gasteiger partial charge is 0.329 e. The van der Waals surface area contributed by atoms with Crippen LogP contribution in [0, 0.1) is 6.92 Å². The molecule has 1 fully saturated rings. The van der Waals surface area contributed by atoms with Gasteiger partial charge in [-0.1, -0.05) is 12.1 Å². The molecule has 8 heteroatoms. The van der Waals surface area contributed by atoms with Crippen LogP contribution < -0.4 is 5.32 Å². The standard InChI is InChI=1S/C13H20N4O4/c1-3-13(11(18)19)6-4-8-17(13)12(20)14-7-5-10-15-9(2)16-21-10/h3-8H2,1-2H3,(H,14,20)(H,18,19). The van der Waals surface area contributed by atoms with Gasteiger partial charge >= 0.3 is 12.0 Å². The van der Waals surface area contributed by atoms with Crippen LogP contribution in [0.1, 0.15) is 37.9 Å². The van der Waals surface area contributed by atoms with Crippen LogP contribution in [0.15, 0.2) is 4.52 Å². The number of amides is 2. The fourth-order valence-corrected chi connectivity index (χ4v) is 2.73. The van der Waals surface area contributed by atoms with Gasteiger partial charge in [0.05, 0.1) is 0 Å². The van der Waals surface area contributed by atoms with E-state index in [1.807, 2.05) is 0 Å². The Balaban J connectivity index is 1.91. The molecule has 1 aromatic heterocycles. The van der Waals surface area contributed by atoms with Crippen LogP contribution in [0.5, 0.6) is 0 Å². The molecule has 2 amide bonds. The minimum Gasteiger partial charge on any atom is -0.479 e. The molecule has 2 heterocycles. The molecule has 8 nitrogen and oxygen atoms in total. The maximum atomic E-state index is 12.2. The molecule has 0 radical (unpaired) electrons. The lowest BCUT2D eigenvalue weighted by Gasteiger charge is -2.33. The molecular weight excluding hydrogens is 276 g/mol. The number of rotatable bonds is 5. The molecule has 1 unspecified atom stereocenters. The van der Waals surface area contributed by atoms with E-state index in [4.69, 9.17) is 4.52 Å². The van der Waals surface area contributed by atoms with Gasteiger partial charge in [0.15, 0.2) is 5.82 Å². The van der Waals surface area contributed by atoms with Crippen LogP contribution in [-0.4, -0.2) is 50.8 Å². The molecule has 116 valence electrons. The summed E-state index contributed by atoms with van der Waals surface area (Å²) in [7, 11) is 0. The van der Waals surface area contributed by atoms with Gasteiger partial charge in [0.2, 0.25) is 5.89 Å². The zero-order chi connectivity index (χ0) is 15.5. The first-order chi connectivity index (χ1) is 9.99. The summed E-state index contributed by atoms with van der Waals surface area (Å²) in [6.07, 6.45) is 2.02. The lowest BCUT2D eigenvalue weighted by molar-refractivity contribution is -0.148. The Bertz CT molecular complexity index is 530. The van der Waals surface area contributed by atoms with E-state index in [0.29, 0.717) is 50.5 Å². The number of carboxylic acids is 1. The van der Waals surface area contributed by atoms with E-state index < -0.39 is 11.5 Å². The van der Waals surface area contributed by atoms with Crippen molar-refractivity contribution < 1.29 is 19.2 Å². The SMILES string of the molecule is CCC1(C(=O)O)CCCN1C(=O)NCCc1nc(C)no1. The molecule has 0 bridgehead atoms. The van der Waals surface area contributed by atoms with Crippen molar-refractivity contribution >= 4 is 12.0 Å². The molecule has 1 aliphatic heterocycles. The number of hydrogen-bond acceptors (Lipinski definition) is 5. The number of carbonyl (C=O) groups excluding carboxylic acids is 1. The Morgan fingerprint density at radius 3 is 2.86 bits per heavy atom. The second-order valence-corrected chi connectivity index (χ2v) is 5.16. The highest BCUT2D eigenvalue weighted by atomic mass is 16.5. The molecule has 0 spiro atoms. The second kappa shape index (κ2) is 6.11. The molecule has 1 aliphatic rings. The molecule has 1 saturated heterocycles. The van der Waals surface area contributed by atoms with Crippen molar-refractivity contribution in [1.29, 1.82) is 0 Å². The van der Waals surface area contributed by atoms with E-state index in [0.717, 1.165) is 0 Å². The van der Waals surface area contributed by atoms with Crippen molar-refractivity contribution in [3.05, 3.63) is 11.7 Å². The second-order valence-electron chi connectivity index (χ2n) is 5.16. The topological polar surface area (TPSA) is 109 Å². The first kappa shape index (κ1) is 15.3. The average molecular weight is 296 g/mol. The molecule has 0 aromatic carbocycles. The summed E-state index contributed by atoms with van der Waals surface area (Å²) >= 11 is 0. The number of hydrogen-bond donors (Lipinski definition) is 2. The van der Waals surface area contributed by atoms with E-state index in [1.54, 1.807) is 13.8 Å². The number of urea groups is 1. The molecule has 1 atom stereocenters. The minimum absolute atomic E-state index is 0.330. The molecular formula is C13H20N4O4. The summed E-state index contributed by atoms with van der Waals surface area (Å²) < 4.78 is 4.95. The van der Waals surface area contributed by atoms with Crippen molar-refractivity contribution in [2.45, 2.75) is 45.1 Å². The van der Waals surface area contributed by atoms with Crippen molar-refractivity contribution in [2.24, 2.45) is 0 Å². The molecule has 0 saturated carbocycles. The van der Waals surface area contributed by atoms with Crippen molar-refractivity contribution in [2.75, 3.05) is 13.1 Å². The lowest BCUT2D eigenvalue weighted by atomic mass is 9.93. The van der Waals surface area contributed by atoms with Gasteiger partial charge in [-0.05, 0) is 26.2 Å². The first-order valence-electron chi connectivity index (χ1n) is 7.07. The quantitative estimate of drug-likeness (QED) is 0.837. The van der Waals surface area contributed by atoms with Crippen molar-refractivity contribution in [3.8, 4) is 0 Å². The van der Waals surface area contributed by atoms with E-state index in [9.17, 15) is 14.7 Å². The molecule has 1 aromatic rings. The number of nitrogens with zero attached hydrogens (tertiary/aromatic N) is 3. The number of carbonyl (C=O) groups is 2. The Morgan fingerprint density at radius 2 is 2.29 bits per heavy atom. The summed E-state index contributed by atoms with van der Waals surface area (Å²) in [5.41, 5.74) is -1.08. The van der Waals surface area contributed by atoms with Crippen LogP contribution in [0.4, 0.5) is 4.79 Å². The van der Waals surface area contributed by atoms with Crippen LogP contribution in [0.2, 0.25) is 0 Å². The molecule has 2 N–H and O–H groups in total. The van der Waals surface area contributed by atoms with Gasteiger partial charge in [-0.3, -0.25) is 0 Å². The third-order valence-electron chi connectivity index (χ3n) is 3.90. The number of likely N-dealkylation sites (tertiary alicyclic amines) is 1. The number of carboxylic acid groups (broad SMARTS) is 1. The Labute approximate surface area is 122 Å². The third kappa shape index (κ3) is 2.98. The number of nitrogens with one attached hydrogen (secondary N) is 1. The number of aliphatic carboxylic acids is 1. The van der Waals surface area contributed by atoms with Crippen LogP contribution in [0.3, 0.4) is 0 Å². The zero-order valence-corrected chi connectivity index (χ0v) is 12.3. The Hall–Kier alpha value is -2.12. The largest absolute Gasteiger partial charge is 0.479 e. The Morgan fingerprint density at radius 1 is 1.52 bits per heavy atom. The monoisotopic (exact) mass is 296 g/mol. The van der Waals surface area contributed by atoms with E-state index in [1.165, 1.54) is 4.90 Å².